The van der Waals surface area contributed by atoms with Crippen LogP contribution in [0, 0.1) is 0 Å². The highest BCUT2D eigenvalue weighted by Crippen LogP contribution is 2.26. The molecule has 81 heavy (non-hydrogen) atoms. The van der Waals surface area contributed by atoms with Gasteiger partial charge in [-0.25, -0.2) is 0 Å². The molecule has 1 aliphatic heterocycles. The molecule has 1 aliphatic rings. The Balaban J connectivity index is 2.54. The summed E-state index contributed by atoms with van der Waals surface area (Å²) in [6, 6.07) is -1.02. The van der Waals surface area contributed by atoms with Crippen molar-refractivity contribution in [1.82, 2.24) is 5.32 Å². The van der Waals surface area contributed by atoms with Gasteiger partial charge in [0.1, 0.15) is 24.4 Å². The number of hydrogen-bond donors (Lipinski definition) is 6. The topological polar surface area (TPSA) is 175 Å². The summed E-state index contributed by atoms with van der Waals surface area (Å²) >= 11 is 0. The number of unbranched alkanes of at least 4 members (excludes halogenated alkanes) is 42. The molecule has 0 aromatic heterocycles. The number of carbonyl (C=O) groups excluding carboxylic acids is 2. The molecule has 8 unspecified atom stereocenters. The maximum absolute atomic E-state index is 13.5. The van der Waals surface area contributed by atoms with Gasteiger partial charge < -0.3 is 45.1 Å². The third kappa shape index (κ3) is 45.9. The van der Waals surface area contributed by atoms with E-state index in [2.05, 4.69) is 50.4 Å². The monoisotopic (exact) mass is 1150 g/mol. The van der Waals surface area contributed by atoms with Crippen LogP contribution in [0.5, 0.6) is 0 Å². The molecule has 0 saturated carbocycles. The quantitative estimate of drug-likeness (QED) is 0.0195. The largest absolute Gasteiger partial charge is 0.454 e. The summed E-state index contributed by atoms with van der Waals surface area (Å²) in [5.41, 5.74) is 0. The van der Waals surface area contributed by atoms with Crippen molar-refractivity contribution >= 4 is 11.9 Å². The Labute approximate surface area is 498 Å². The number of aliphatic hydroxyl groups excluding tert-OH is 5. The molecule has 1 fully saturated rings. The van der Waals surface area contributed by atoms with Crippen LogP contribution in [0.25, 0.3) is 0 Å². The molecule has 0 bridgehead atoms. The fourth-order valence-corrected chi connectivity index (χ4v) is 11.0. The zero-order valence-corrected chi connectivity index (χ0v) is 52.9. The molecule has 476 valence electrons. The fraction of sp³-hybridized carbons (Fsp3) is 0.886. The summed E-state index contributed by atoms with van der Waals surface area (Å²) in [6.45, 7) is 5.80. The molecule has 1 heterocycles. The van der Waals surface area contributed by atoms with E-state index in [1.165, 1.54) is 225 Å². The van der Waals surface area contributed by atoms with Crippen LogP contribution in [0.1, 0.15) is 335 Å². The molecule has 6 N–H and O–H groups in total. The Bertz CT molecular complexity index is 1460. The van der Waals surface area contributed by atoms with Crippen LogP contribution in [0.3, 0.4) is 0 Å². The van der Waals surface area contributed by atoms with Crippen LogP contribution in [0.4, 0.5) is 0 Å². The number of hydrogen-bond acceptors (Lipinski definition) is 10. The first-order chi connectivity index (χ1) is 39.7. The molecular formula is C70H131NO10. The number of amides is 1. The molecule has 1 saturated heterocycles. The normalized spacial score (nSPS) is 18.8. The molecule has 0 aromatic carbocycles. The van der Waals surface area contributed by atoms with Crippen LogP contribution in [0.2, 0.25) is 0 Å². The second kappa shape index (κ2) is 58.3. The lowest BCUT2D eigenvalue weighted by Gasteiger charge is -2.41. The minimum atomic E-state index is -1.61. The molecule has 0 spiro atoms. The lowest BCUT2D eigenvalue weighted by Crippen LogP contribution is -2.61. The molecule has 11 heteroatoms. The van der Waals surface area contributed by atoms with Crippen molar-refractivity contribution < 1.29 is 49.3 Å². The van der Waals surface area contributed by atoms with E-state index >= 15 is 0 Å². The van der Waals surface area contributed by atoms with Crippen molar-refractivity contribution in [2.75, 3.05) is 13.2 Å². The zero-order chi connectivity index (χ0) is 58.9. The molecule has 0 aliphatic carbocycles. The summed E-state index contributed by atoms with van der Waals surface area (Å²) in [6.07, 6.45) is 60.5. The Morgan fingerprint density at radius 2 is 0.852 bits per heavy atom. The number of esters is 1. The Morgan fingerprint density at radius 3 is 1.28 bits per heavy atom. The van der Waals surface area contributed by atoms with Crippen molar-refractivity contribution in [3.8, 4) is 0 Å². The average Bonchev–Trinajstić information content (AvgIpc) is 3.48. The van der Waals surface area contributed by atoms with Gasteiger partial charge in [0.15, 0.2) is 12.4 Å². The van der Waals surface area contributed by atoms with Gasteiger partial charge in [-0.1, -0.05) is 308 Å². The van der Waals surface area contributed by atoms with Gasteiger partial charge >= 0.3 is 5.97 Å². The highest BCUT2D eigenvalue weighted by Gasteiger charge is 2.47. The predicted molar refractivity (Wildman–Crippen MR) is 338 cm³/mol. The third-order valence-corrected chi connectivity index (χ3v) is 16.5. The average molecular weight is 1150 g/mol. The Hall–Kier alpha value is -2.12. The summed E-state index contributed by atoms with van der Waals surface area (Å²) in [4.78, 5) is 26.6. The number of allylic oxidation sites excluding steroid dienone is 5. The highest BCUT2D eigenvalue weighted by molar-refractivity contribution is 5.80. The zero-order valence-electron chi connectivity index (χ0n) is 52.9. The number of aliphatic hydroxyl groups is 5. The van der Waals surface area contributed by atoms with Gasteiger partial charge in [-0.05, 0) is 57.8 Å². The van der Waals surface area contributed by atoms with E-state index in [-0.39, 0.29) is 13.0 Å². The van der Waals surface area contributed by atoms with E-state index < -0.39 is 67.4 Å². The molecule has 0 aromatic rings. The van der Waals surface area contributed by atoms with Gasteiger partial charge in [0.25, 0.3) is 0 Å². The van der Waals surface area contributed by atoms with Gasteiger partial charge in [-0.2, -0.15) is 0 Å². The lowest BCUT2D eigenvalue weighted by molar-refractivity contribution is -0.305. The molecule has 1 amide bonds. The predicted octanol–water partition coefficient (Wildman–Crippen LogP) is 17.4. The van der Waals surface area contributed by atoms with Crippen LogP contribution >= 0.6 is 0 Å². The summed E-state index contributed by atoms with van der Waals surface area (Å²) in [5.74, 6) is -1.18. The summed E-state index contributed by atoms with van der Waals surface area (Å²) in [7, 11) is 0. The lowest BCUT2D eigenvalue weighted by atomic mass is 9.99. The summed E-state index contributed by atoms with van der Waals surface area (Å²) in [5, 5.41) is 57.1. The van der Waals surface area contributed by atoms with Crippen molar-refractivity contribution in [3.63, 3.8) is 0 Å². The van der Waals surface area contributed by atoms with Gasteiger partial charge in [0.05, 0.1) is 25.4 Å². The number of ether oxygens (including phenoxy) is 3. The first-order valence-corrected chi connectivity index (χ1v) is 34.8. The minimum absolute atomic E-state index is 0.129. The van der Waals surface area contributed by atoms with Gasteiger partial charge in [0, 0.05) is 6.42 Å². The van der Waals surface area contributed by atoms with E-state index in [9.17, 15) is 35.1 Å². The van der Waals surface area contributed by atoms with E-state index in [0.717, 1.165) is 64.2 Å². The van der Waals surface area contributed by atoms with Crippen molar-refractivity contribution in [2.45, 2.75) is 384 Å². The Morgan fingerprint density at radius 1 is 0.481 bits per heavy atom. The Kier molecular flexibility index (Phi) is 55.3. The highest BCUT2D eigenvalue weighted by atomic mass is 16.7. The molecule has 8 atom stereocenters. The van der Waals surface area contributed by atoms with Gasteiger partial charge in [-0.3, -0.25) is 9.59 Å². The fourth-order valence-electron chi connectivity index (χ4n) is 11.0. The molecule has 11 nitrogen and oxygen atoms in total. The van der Waals surface area contributed by atoms with E-state index in [0.29, 0.717) is 19.3 Å². The SMILES string of the molecule is CCCCC/C=C\C/C=C\CCCCCCCCCCCCCCCCCCC(O)C(=O)NC(COC1OC(CO)C(O)C(O)C1OC(=O)CCCCCCCCCCCCCCCC)C(O)/C=C/CCCCCCCCCCCC. The minimum Gasteiger partial charge on any atom is -0.454 e. The number of carbonyl (C=O) groups is 2. The smallest absolute Gasteiger partial charge is 0.306 e. The third-order valence-electron chi connectivity index (χ3n) is 16.5. The van der Waals surface area contributed by atoms with Crippen LogP contribution < -0.4 is 5.32 Å². The first kappa shape index (κ1) is 76.9. The summed E-state index contributed by atoms with van der Waals surface area (Å²) < 4.78 is 17.7. The first-order valence-electron chi connectivity index (χ1n) is 34.8. The second-order valence-corrected chi connectivity index (χ2v) is 24.3. The molecule has 1 rings (SSSR count). The molecular weight excluding hydrogens is 1010 g/mol. The van der Waals surface area contributed by atoms with E-state index in [1.54, 1.807) is 6.08 Å². The maximum atomic E-state index is 13.5. The van der Waals surface area contributed by atoms with Crippen molar-refractivity contribution in [2.24, 2.45) is 0 Å². The van der Waals surface area contributed by atoms with Crippen LogP contribution in [0.15, 0.2) is 36.5 Å². The molecule has 0 radical (unpaired) electrons. The standard InChI is InChI=1S/C70H131NO10/c1-4-7-10-13-16-19-22-25-27-28-29-30-31-32-33-34-35-36-37-38-39-42-45-48-51-54-57-63(74)69(78)71-61(62(73)56-53-50-47-44-41-24-21-18-15-12-9-6-3)60-79-70-68(67(77)66(76)64(59-72)80-70)81-65(75)58-55-52-49-46-43-40-26-23-20-17-14-11-8-5-2/h16,19,25,27,53,56,61-64,66-68,70,72-74,76-77H,4-15,17-18,20-24,26,28-52,54-55,57-60H2,1-3H3,(H,71,78)/b19-16-,27-25-,56-53+. The maximum Gasteiger partial charge on any atom is 0.306 e. The van der Waals surface area contributed by atoms with Crippen LogP contribution in [-0.4, -0.2) is 99.6 Å². The van der Waals surface area contributed by atoms with Crippen molar-refractivity contribution in [3.05, 3.63) is 36.5 Å². The second-order valence-electron chi connectivity index (χ2n) is 24.3. The van der Waals surface area contributed by atoms with E-state index in [4.69, 9.17) is 14.2 Å². The van der Waals surface area contributed by atoms with Crippen molar-refractivity contribution in [1.29, 1.82) is 0 Å². The van der Waals surface area contributed by atoms with Gasteiger partial charge in [-0.15, -0.1) is 0 Å². The van der Waals surface area contributed by atoms with E-state index in [1.807, 2.05) is 6.08 Å². The number of rotatable bonds is 60. The number of nitrogens with one attached hydrogen (secondary N) is 1. The van der Waals surface area contributed by atoms with Crippen LogP contribution in [-0.2, 0) is 23.8 Å². The van der Waals surface area contributed by atoms with Gasteiger partial charge in [0.2, 0.25) is 5.91 Å².